The molecular formula is C17H22ClN3O2. The molecule has 0 bridgehead atoms. The Morgan fingerprint density at radius 2 is 2.22 bits per heavy atom. The molecule has 1 aromatic heterocycles. The van der Waals surface area contributed by atoms with Crippen LogP contribution in [0.1, 0.15) is 44.5 Å². The van der Waals surface area contributed by atoms with Crippen LogP contribution in [0.15, 0.2) is 24.5 Å². The van der Waals surface area contributed by atoms with Crippen LogP contribution in [0.2, 0.25) is 5.02 Å². The molecule has 124 valence electrons. The zero-order chi connectivity index (χ0) is 16.6. The molecule has 1 aromatic carbocycles. The summed E-state index contributed by atoms with van der Waals surface area (Å²) in [5.41, 5.74) is 0.849. The van der Waals surface area contributed by atoms with Gasteiger partial charge in [-0.2, -0.15) is 5.10 Å². The lowest BCUT2D eigenvalue weighted by Gasteiger charge is -2.32. The van der Waals surface area contributed by atoms with Crippen LogP contribution in [-0.2, 0) is 6.42 Å². The number of aromatic amines is 1. The van der Waals surface area contributed by atoms with Crippen molar-refractivity contribution in [2.75, 3.05) is 0 Å². The lowest BCUT2D eigenvalue weighted by Crippen LogP contribution is -2.35. The van der Waals surface area contributed by atoms with Crippen LogP contribution in [0.3, 0.4) is 0 Å². The summed E-state index contributed by atoms with van der Waals surface area (Å²) in [6.07, 6.45) is 2.41. The minimum atomic E-state index is -0.561. The Morgan fingerprint density at radius 1 is 1.43 bits per heavy atom. The first-order valence-corrected chi connectivity index (χ1v) is 8.21. The molecule has 1 aliphatic heterocycles. The maximum absolute atomic E-state index is 10.8. The maximum Gasteiger partial charge on any atom is 0.156 e. The fourth-order valence-corrected chi connectivity index (χ4v) is 3.27. The largest absolute Gasteiger partial charge is 0.490 e. The standard InChI is InChI=1S/C17H22ClN3O2/c1-17(2,3)15(22)13(16-19-9-20-21-16)8-12-7-10-6-11(18)4-5-14(10)23-12/h4-6,9,12-13,15,22H,7-8H2,1-3H3,(H,19,20,21). The number of fused-ring (bicyclic) bond motifs is 1. The van der Waals surface area contributed by atoms with E-state index in [9.17, 15) is 5.11 Å². The second-order valence-corrected chi connectivity index (χ2v) is 7.64. The van der Waals surface area contributed by atoms with Crippen molar-refractivity contribution in [1.29, 1.82) is 0 Å². The molecule has 0 amide bonds. The van der Waals surface area contributed by atoms with Crippen LogP contribution < -0.4 is 4.74 Å². The van der Waals surface area contributed by atoms with E-state index in [4.69, 9.17) is 16.3 Å². The number of rotatable bonds is 4. The summed E-state index contributed by atoms with van der Waals surface area (Å²) in [5.74, 6) is 1.32. The van der Waals surface area contributed by atoms with Crippen molar-refractivity contribution in [2.45, 2.75) is 51.7 Å². The predicted molar refractivity (Wildman–Crippen MR) is 88.8 cm³/mol. The third-order valence-corrected chi connectivity index (χ3v) is 4.55. The van der Waals surface area contributed by atoms with Gasteiger partial charge in [-0.15, -0.1) is 0 Å². The Hall–Kier alpha value is -1.59. The molecule has 3 rings (SSSR count). The van der Waals surface area contributed by atoms with E-state index in [2.05, 4.69) is 15.2 Å². The number of hydrogen-bond donors (Lipinski definition) is 2. The molecule has 0 aliphatic carbocycles. The van der Waals surface area contributed by atoms with Gasteiger partial charge in [0.05, 0.1) is 12.0 Å². The highest BCUT2D eigenvalue weighted by atomic mass is 35.5. The third kappa shape index (κ3) is 3.51. The van der Waals surface area contributed by atoms with E-state index in [0.29, 0.717) is 17.3 Å². The SMILES string of the molecule is CC(C)(C)C(O)C(CC1Cc2cc(Cl)ccc2O1)c1nc[nH]n1. The van der Waals surface area contributed by atoms with Gasteiger partial charge >= 0.3 is 0 Å². The molecule has 0 radical (unpaired) electrons. The molecule has 2 N–H and O–H groups in total. The second kappa shape index (κ2) is 6.13. The zero-order valence-corrected chi connectivity index (χ0v) is 14.3. The first kappa shape index (κ1) is 16.3. The molecule has 6 heteroatoms. The predicted octanol–water partition coefficient (Wildman–Crippen LogP) is 3.34. The van der Waals surface area contributed by atoms with Crippen LogP contribution in [0.5, 0.6) is 5.75 Å². The molecule has 0 fully saturated rings. The number of H-pyrrole nitrogens is 1. The van der Waals surface area contributed by atoms with Crippen molar-refractivity contribution >= 4 is 11.6 Å². The molecule has 2 aromatic rings. The lowest BCUT2D eigenvalue weighted by molar-refractivity contribution is 0.0229. The molecule has 5 nitrogen and oxygen atoms in total. The van der Waals surface area contributed by atoms with E-state index in [-0.39, 0.29) is 17.4 Å². The highest BCUT2D eigenvalue weighted by molar-refractivity contribution is 6.30. The van der Waals surface area contributed by atoms with Crippen molar-refractivity contribution in [3.8, 4) is 5.75 Å². The number of aliphatic hydroxyl groups is 1. The topological polar surface area (TPSA) is 71.0 Å². The number of benzene rings is 1. The number of hydrogen-bond acceptors (Lipinski definition) is 4. The fraction of sp³-hybridized carbons (Fsp3) is 0.529. The Labute approximate surface area is 141 Å². The molecule has 0 spiro atoms. The average Bonchev–Trinajstić information content (AvgIpc) is 3.11. The first-order chi connectivity index (χ1) is 10.8. The molecular weight excluding hydrogens is 314 g/mol. The van der Waals surface area contributed by atoms with Crippen LogP contribution in [0, 0.1) is 5.41 Å². The van der Waals surface area contributed by atoms with Gasteiger partial charge in [-0.25, -0.2) is 4.98 Å². The normalized spacial score (nSPS) is 20.0. The van der Waals surface area contributed by atoms with Gasteiger partial charge in [0.1, 0.15) is 18.2 Å². The zero-order valence-electron chi connectivity index (χ0n) is 13.6. The van der Waals surface area contributed by atoms with Gasteiger partial charge in [-0.3, -0.25) is 5.10 Å². The summed E-state index contributed by atoms with van der Waals surface area (Å²) in [6.45, 7) is 6.05. The number of nitrogens with one attached hydrogen (secondary N) is 1. The molecule has 0 saturated heterocycles. The van der Waals surface area contributed by atoms with E-state index in [1.54, 1.807) is 6.33 Å². The summed E-state index contributed by atoms with van der Waals surface area (Å²) >= 11 is 6.05. The minimum Gasteiger partial charge on any atom is -0.490 e. The molecule has 1 aliphatic rings. The first-order valence-electron chi connectivity index (χ1n) is 7.83. The van der Waals surface area contributed by atoms with Crippen molar-refractivity contribution < 1.29 is 9.84 Å². The van der Waals surface area contributed by atoms with Crippen LogP contribution in [0.25, 0.3) is 0 Å². The number of nitrogens with zero attached hydrogens (tertiary/aromatic N) is 2. The Bertz CT molecular complexity index is 667. The number of aromatic nitrogens is 3. The van der Waals surface area contributed by atoms with E-state index in [1.165, 1.54) is 0 Å². The number of halogens is 1. The molecule has 2 heterocycles. The van der Waals surface area contributed by atoms with Crippen LogP contribution >= 0.6 is 11.6 Å². The second-order valence-electron chi connectivity index (χ2n) is 7.21. The highest BCUT2D eigenvalue weighted by Gasteiger charge is 2.37. The lowest BCUT2D eigenvalue weighted by atomic mass is 9.78. The van der Waals surface area contributed by atoms with Crippen LogP contribution in [0.4, 0.5) is 0 Å². The molecule has 3 atom stereocenters. The van der Waals surface area contributed by atoms with Crippen molar-refractivity contribution in [3.05, 3.63) is 40.9 Å². The van der Waals surface area contributed by atoms with E-state index >= 15 is 0 Å². The molecule has 0 saturated carbocycles. The molecule has 3 unspecified atom stereocenters. The van der Waals surface area contributed by atoms with Gasteiger partial charge in [-0.05, 0) is 35.6 Å². The van der Waals surface area contributed by atoms with Crippen molar-refractivity contribution in [1.82, 2.24) is 15.2 Å². The average molecular weight is 336 g/mol. The number of aliphatic hydroxyl groups excluding tert-OH is 1. The number of ether oxygens (including phenoxy) is 1. The van der Waals surface area contributed by atoms with Gasteiger partial charge in [0, 0.05) is 11.4 Å². The van der Waals surface area contributed by atoms with Gasteiger partial charge in [0.25, 0.3) is 0 Å². The van der Waals surface area contributed by atoms with Gasteiger partial charge in [0.15, 0.2) is 5.82 Å². The van der Waals surface area contributed by atoms with Gasteiger partial charge in [-0.1, -0.05) is 32.4 Å². The van der Waals surface area contributed by atoms with E-state index < -0.39 is 6.10 Å². The summed E-state index contributed by atoms with van der Waals surface area (Å²) in [5, 5.41) is 18.4. The summed E-state index contributed by atoms with van der Waals surface area (Å²) in [4.78, 5) is 4.25. The smallest absolute Gasteiger partial charge is 0.156 e. The third-order valence-electron chi connectivity index (χ3n) is 4.31. The monoisotopic (exact) mass is 335 g/mol. The van der Waals surface area contributed by atoms with E-state index in [0.717, 1.165) is 17.7 Å². The summed E-state index contributed by atoms with van der Waals surface area (Å²) in [6, 6.07) is 5.68. The van der Waals surface area contributed by atoms with Gasteiger partial charge < -0.3 is 9.84 Å². The Balaban J connectivity index is 1.78. The summed E-state index contributed by atoms with van der Waals surface area (Å²) < 4.78 is 6.02. The Morgan fingerprint density at radius 3 is 2.87 bits per heavy atom. The quantitative estimate of drug-likeness (QED) is 0.899. The van der Waals surface area contributed by atoms with Crippen molar-refractivity contribution in [3.63, 3.8) is 0 Å². The molecule has 23 heavy (non-hydrogen) atoms. The van der Waals surface area contributed by atoms with Gasteiger partial charge in [0.2, 0.25) is 0 Å². The maximum atomic E-state index is 10.8. The van der Waals surface area contributed by atoms with Crippen LogP contribution in [-0.4, -0.2) is 32.5 Å². The van der Waals surface area contributed by atoms with E-state index in [1.807, 2.05) is 39.0 Å². The van der Waals surface area contributed by atoms with Crippen molar-refractivity contribution in [2.24, 2.45) is 5.41 Å². The highest BCUT2D eigenvalue weighted by Crippen LogP contribution is 2.38. The Kier molecular flexibility index (Phi) is 4.34. The fourth-order valence-electron chi connectivity index (χ4n) is 3.08. The minimum absolute atomic E-state index is 0.0102. The summed E-state index contributed by atoms with van der Waals surface area (Å²) in [7, 11) is 0.